The summed E-state index contributed by atoms with van der Waals surface area (Å²) < 4.78 is 1.01. The van der Waals surface area contributed by atoms with Crippen LogP contribution in [0.2, 0.25) is 0 Å². The van der Waals surface area contributed by atoms with Gasteiger partial charge in [0.25, 0.3) is 0 Å². The summed E-state index contributed by atoms with van der Waals surface area (Å²) in [6.45, 7) is 0.789. The molecule has 0 spiro atoms. The standard InChI is InChI=1S/C12H13BrN2OS/c1-15(5-11-7-17-8-14-11)12-4-10(13)3-2-9(12)6-16/h2-4,7-8,16H,5-6H2,1H3. The molecule has 1 heterocycles. The fourth-order valence-corrected chi connectivity index (χ4v) is 2.57. The Kier molecular flexibility index (Phi) is 4.15. The van der Waals surface area contributed by atoms with Crippen molar-refractivity contribution in [2.45, 2.75) is 13.2 Å². The SMILES string of the molecule is CN(Cc1cscn1)c1cc(Br)ccc1CO. The van der Waals surface area contributed by atoms with Crippen LogP contribution in [0.4, 0.5) is 5.69 Å². The van der Waals surface area contributed by atoms with Gasteiger partial charge in [-0.3, -0.25) is 0 Å². The maximum absolute atomic E-state index is 9.33. The maximum atomic E-state index is 9.33. The minimum absolute atomic E-state index is 0.0457. The molecule has 1 aromatic heterocycles. The van der Waals surface area contributed by atoms with Gasteiger partial charge in [0.15, 0.2) is 0 Å². The number of hydrogen-bond donors (Lipinski definition) is 1. The molecule has 0 radical (unpaired) electrons. The van der Waals surface area contributed by atoms with E-state index in [1.54, 1.807) is 11.3 Å². The highest BCUT2D eigenvalue weighted by Crippen LogP contribution is 2.25. The molecular weight excluding hydrogens is 300 g/mol. The normalized spacial score (nSPS) is 10.5. The van der Waals surface area contributed by atoms with Crippen molar-refractivity contribution in [2.75, 3.05) is 11.9 Å². The molecule has 0 aliphatic carbocycles. The van der Waals surface area contributed by atoms with Crippen LogP contribution in [0.3, 0.4) is 0 Å². The molecule has 3 nitrogen and oxygen atoms in total. The Hall–Kier alpha value is -0.910. The molecule has 0 amide bonds. The molecule has 0 unspecified atom stereocenters. The third kappa shape index (κ3) is 3.06. The fourth-order valence-electron chi connectivity index (χ4n) is 1.67. The molecule has 1 aromatic carbocycles. The van der Waals surface area contributed by atoms with Crippen LogP contribution in [0.1, 0.15) is 11.3 Å². The lowest BCUT2D eigenvalue weighted by atomic mass is 10.1. The average molecular weight is 313 g/mol. The minimum Gasteiger partial charge on any atom is -0.392 e. The van der Waals surface area contributed by atoms with Crippen molar-refractivity contribution in [3.05, 3.63) is 44.8 Å². The third-order valence-electron chi connectivity index (χ3n) is 2.51. The Morgan fingerprint density at radius 2 is 2.29 bits per heavy atom. The molecule has 0 saturated heterocycles. The van der Waals surface area contributed by atoms with E-state index in [-0.39, 0.29) is 6.61 Å². The predicted octanol–water partition coefficient (Wildman–Crippen LogP) is 3.03. The topological polar surface area (TPSA) is 36.4 Å². The first-order chi connectivity index (χ1) is 8.20. The zero-order valence-electron chi connectivity index (χ0n) is 9.43. The van der Waals surface area contributed by atoms with Crippen LogP contribution in [0.25, 0.3) is 0 Å². The Morgan fingerprint density at radius 1 is 1.47 bits per heavy atom. The molecule has 17 heavy (non-hydrogen) atoms. The van der Waals surface area contributed by atoms with Crippen molar-refractivity contribution in [3.8, 4) is 0 Å². The minimum atomic E-state index is 0.0457. The number of nitrogens with zero attached hydrogens (tertiary/aromatic N) is 2. The smallest absolute Gasteiger partial charge is 0.0795 e. The molecule has 0 saturated carbocycles. The van der Waals surface area contributed by atoms with E-state index >= 15 is 0 Å². The van der Waals surface area contributed by atoms with Crippen LogP contribution in [-0.2, 0) is 13.2 Å². The van der Waals surface area contributed by atoms with Gasteiger partial charge in [-0.05, 0) is 12.1 Å². The molecule has 2 aromatic rings. The Labute approximate surface area is 113 Å². The van der Waals surface area contributed by atoms with Gasteiger partial charge in [-0.25, -0.2) is 4.98 Å². The van der Waals surface area contributed by atoms with Gasteiger partial charge in [-0.15, -0.1) is 11.3 Å². The number of thiazole rings is 1. The van der Waals surface area contributed by atoms with Gasteiger partial charge in [0.2, 0.25) is 0 Å². The van der Waals surface area contributed by atoms with E-state index < -0.39 is 0 Å². The van der Waals surface area contributed by atoms with Gasteiger partial charge in [0, 0.05) is 28.2 Å². The second-order valence-corrected chi connectivity index (χ2v) is 5.40. The molecular formula is C12H13BrN2OS. The van der Waals surface area contributed by atoms with Gasteiger partial charge in [0.05, 0.1) is 24.4 Å². The molecule has 2 rings (SSSR count). The lowest BCUT2D eigenvalue weighted by Gasteiger charge is -2.21. The summed E-state index contributed by atoms with van der Waals surface area (Å²) in [6.07, 6.45) is 0. The molecule has 0 aliphatic heterocycles. The Morgan fingerprint density at radius 3 is 2.94 bits per heavy atom. The molecule has 90 valence electrons. The number of benzene rings is 1. The van der Waals surface area contributed by atoms with E-state index in [2.05, 4.69) is 25.8 Å². The van der Waals surface area contributed by atoms with Gasteiger partial charge in [-0.1, -0.05) is 22.0 Å². The number of hydrogen-bond acceptors (Lipinski definition) is 4. The Balaban J connectivity index is 2.23. The van der Waals surface area contributed by atoms with Crippen LogP contribution in [0.15, 0.2) is 33.6 Å². The van der Waals surface area contributed by atoms with Crippen LogP contribution in [-0.4, -0.2) is 17.1 Å². The summed E-state index contributed by atoms with van der Waals surface area (Å²) >= 11 is 5.04. The van der Waals surface area contributed by atoms with Crippen LogP contribution in [0, 0.1) is 0 Å². The quantitative estimate of drug-likeness (QED) is 0.942. The lowest BCUT2D eigenvalue weighted by molar-refractivity contribution is 0.282. The van der Waals surface area contributed by atoms with Crippen molar-refractivity contribution < 1.29 is 5.11 Å². The van der Waals surface area contributed by atoms with E-state index in [0.717, 1.165) is 28.0 Å². The molecule has 0 fully saturated rings. The first kappa shape index (κ1) is 12.5. The van der Waals surface area contributed by atoms with E-state index in [0.29, 0.717) is 0 Å². The molecule has 1 N–H and O–H groups in total. The highest BCUT2D eigenvalue weighted by Gasteiger charge is 2.09. The predicted molar refractivity (Wildman–Crippen MR) is 74.3 cm³/mol. The summed E-state index contributed by atoms with van der Waals surface area (Å²) in [5, 5.41) is 11.4. The highest BCUT2D eigenvalue weighted by molar-refractivity contribution is 9.10. The third-order valence-corrected chi connectivity index (χ3v) is 3.64. The van der Waals surface area contributed by atoms with E-state index in [4.69, 9.17) is 0 Å². The second kappa shape index (κ2) is 5.62. The van der Waals surface area contributed by atoms with Crippen molar-refractivity contribution in [1.29, 1.82) is 0 Å². The zero-order valence-corrected chi connectivity index (χ0v) is 11.8. The Bertz CT molecular complexity index is 487. The first-order valence-electron chi connectivity index (χ1n) is 5.18. The van der Waals surface area contributed by atoms with Crippen LogP contribution < -0.4 is 4.90 Å². The van der Waals surface area contributed by atoms with Gasteiger partial charge >= 0.3 is 0 Å². The number of rotatable bonds is 4. The van der Waals surface area contributed by atoms with Crippen LogP contribution >= 0.6 is 27.3 Å². The van der Waals surface area contributed by atoms with Gasteiger partial charge in [-0.2, -0.15) is 0 Å². The van der Waals surface area contributed by atoms with Crippen molar-refractivity contribution in [1.82, 2.24) is 4.98 Å². The van der Waals surface area contributed by atoms with Gasteiger partial charge in [0.1, 0.15) is 0 Å². The zero-order chi connectivity index (χ0) is 12.3. The van der Waals surface area contributed by atoms with Crippen LogP contribution in [0.5, 0.6) is 0 Å². The summed E-state index contributed by atoms with van der Waals surface area (Å²) in [5.41, 5.74) is 4.82. The average Bonchev–Trinajstić information content (AvgIpc) is 2.81. The summed E-state index contributed by atoms with van der Waals surface area (Å²) in [4.78, 5) is 6.35. The number of aromatic nitrogens is 1. The highest BCUT2D eigenvalue weighted by atomic mass is 79.9. The fraction of sp³-hybridized carbons (Fsp3) is 0.250. The molecule has 5 heteroatoms. The number of halogens is 1. The number of aliphatic hydroxyl groups is 1. The second-order valence-electron chi connectivity index (χ2n) is 3.77. The molecule has 0 aliphatic rings. The summed E-state index contributed by atoms with van der Waals surface area (Å²) in [6, 6.07) is 5.88. The number of aliphatic hydroxyl groups excluding tert-OH is 1. The van der Waals surface area contributed by atoms with Crippen molar-refractivity contribution in [3.63, 3.8) is 0 Å². The molecule has 0 atom stereocenters. The monoisotopic (exact) mass is 312 g/mol. The van der Waals surface area contributed by atoms with Crippen molar-refractivity contribution in [2.24, 2.45) is 0 Å². The van der Waals surface area contributed by atoms with E-state index in [9.17, 15) is 5.11 Å². The summed E-state index contributed by atoms with van der Waals surface area (Å²) in [7, 11) is 2.00. The summed E-state index contributed by atoms with van der Waals surface area (Å²) in [5.74, 6) is 0. The van der Waals surface area contributed by atoms with Crippen molar-refractivity contribution >= 4 is 33.0 Å². The number of anilines is 1. The largest absolute Gasteiger partial charge is 0.392 e. The first-order valence-corrected chi connectivity index (χ1v) is 6.92. The lowest BCUT2D eigenvalue weighted by Crippen LogP contribution is -2.18. The van der Waals surface area contributed by atoms with E-state index in [1.165, 1.54) is 0 Å². The molecule has 0 bridgehead atoms. The van der Waals surface area contributed by atoms with E-state index in [1.807, 2.05) is 36.1 Å². The van der Waals surface area contributed by atoms with Gasteiger partial charge < -0.3 is 10.0 Å². The maximum Gasteiger partial charge on any atom is 0.0795 e.